The number of fused-ring (bicyclic) bond motifs is 4. The van der Waals surface area contributed by atoms with Crippen LogP contribution in [0.4, 0.5) is 0 Å². The maximum absolute atomic E-state index is 6.71. The molecule has 2 aliphatic rings. The van der Waals surface area contributed by atoms with Crippen LogP contribution in [0.1, 0.15) is 47.6 Å². The Balaban J connectivity index is 1.16. The van der Waals surface area contributed by atoms with Crippen molar-refractivity contribution in [3.8, 4) is 45.4 Å². The Morgan fingerprint density at radius 2 is 1.04 bits per heavy atom. The molecular formula is C46H38N2OSi. The number of rotatable bonds is 4. The minimum absolute atomic E-state index is 0.0634. The van der Waals surface area contributed by atoms with Crippen LogP contribution in [-0.2, 0) is 5.41 Å². The van der Waals surface area contributed by atoms with Crippen molar-refractivity contribution in [3.63, 3.8) is 0 Å². The lowest BCUT2D eigenvalue weighted by Crippen LogP contribution is -2.56. The van der Waals surface area contributed by atoms with E-state index in [1.807, 2.05) is 24.3 Å². The smallest absolute Gasteiger partial charge is 0.160 e. The molecule has 0 N–H and O–H groups in total. The van der Waals surface area contributed by atoms with Crippen LogP contribution in [0.3, 0.4) is 0 Å². The molecule has 7 aromatic rings. The standard InChI is InChI=1S/C46H38N2OSi/c1-46(2)36-21-13-11-19-34(36)44(35-20-12-14-22-37(35)46)33-24-26-41-43(28-33)50(3,4)42-27-32(23-25-40(42)49-41)39-29-38(30-15-7-5-8-16-30)47-45(48-39)31-17-9-6-10-18-31/h5-29,44H,1-4H3. The van der Waals surface area contributed by atoms with Crippen LogP contribution < -0.4 is 15.1 Å². The van der Waals surface area contributed by atoms with Crippen LogP contribution in [0.15, 0.2) is 152 Å². The zero-order valence-electron chi connectivity index (χ0n) is 28.8. The van der Waals surface area contributed by atoms with E-state index in [0.717, 1.165) is 45.4 Å². The van der Waals surface area contributed by atoms with E-state index in [0.29, 0.717) is 0 Å². The minimum atomic E-state index is -2.23. The lowest BCUT2D eigenvalue weighted by molar-refractivity contribution is 0.486. The second-order valence-corrected chi connectivity index (χ2v) is 18.9. The molecule has 3 nitrogen and oxygen atoms in total. The van der Waals surface area contributed by atoms with Gasteiger partial charge in [0.15, 0.2) is 5.82 Å². The summed E-state index contributed by atoms with van der Waals surface area (Å²) in [6, 6.07) is 54.3. The van der Waals surface area contributed by atoms with Gasteiger partial charge in [0.25, 0.3) is 0 Å². The molecule has 242 valence electrons. The van der Waals surface area contributed by atoms with E-state index in [2.05, 4.69) is 154 Å². The summed E-state index contributed by atoms with van der Waals surface area (Å²) in [5, 5.41) is 2.61. The first-order valence-corrected chi connectivity index (χ1v) is 20.4. The van der Waals surface area contributed by atoms with Gasteiger partial charge in [0.2, 0.25) is 0 Å². The Hall–Kier alpha value is -5.58. The Labute approximate surface area is 295 Å². The van der Waals surface area contributed by atoms with Gasteiger partial charge < -0.3 is 4.74 Å². The summed E-state index contributed by atoms with van der Waals surface area (Å²) in [6.07, 6.45) is 0. The van der Waals surface area contributed by atoms with Crippen LogP contribution in [0, 0.1) is 0 Å². The summed E-state index contributed by atoms with van der Waals surface area (Å²) in [6.45, 7) is 9.62. The zero-order chi connectivity index (χ0) is 34.0. The third-order valence-electron chi connectivity index (χ3n) is 10.9. The molecule has 0 amide bonds. The Morgan fingerprint density at radius 3 is 1.68 bits per heavy atom. The van der Waals surface area contributed by atoms with Crippen LogP contribution in [0.25, 0.3) is 33.9 Å². The van der Waals surface area contributed by atoms with Gasteiger partial charge in [-0.1, -0.05) is 148 Å². The number of ether oxygens (including phenoxy) is 1. The Morgan fingerprint density at radius 1 is 0.520 bits per heavy atom. The first-order valence-electron chi connectivity index (χ1n) is 17.4. The molecule has 1 aliphatic carbocycles. The number of aromatic nitrogens is 2. The van der Waals surface area contributed by atoms with Gasteiger partial charge in [-0.15, -0.1) is 0 Å². The van der Waals surface area contributed by atoms with Crippen molar-refractivity contribution in [1.29, 1.82) is 0 Å². The van der Waals surface area contributed by atoms with Gasteiger partial charge in [-0.25, -0.2) is 9.97 Å². The first-order chi connectivity index (χ1) is 24.3. The molecule has 0 unspecified atom stereocenters. The van der Waals surface area contributed by atoms with E-state index in [1.54, 1.807) is 0 Å². The van der Waals surface area contributed by atoms with Crippen molar-refractivity contribution >= 4 is 18.4 Å². The van der Waals surface area contributed by atoms with Crippen LogP contribution in [0.5, 0.6) is 11.5 Å². The van der Waals surface area contributed by atoms with Crippen molar-refractivity contribution in [2.24, 2.45) is 0 Å². The molecule has 0 radical (unpaired) electrons. The van der Waals surface area contributed by atoms with Crippen molar-refractivity contribution in [2.45, 2.75) is 38.3 Å². The molecule has 0 spiro atoms. The van der Waals surface area contributed by atoms with E-state index < -0.39 is 8.07 Å². The van der Waals surface area contributed by atoms with Crippen LogP contribution >= 0.6 is 0 Å². The van der Waals surface area contributed by atoms with E-state index in [4.69, 9.17) is 14.7 Å². The van der Waals surface area contributed by atoms with Crippen LogP contribution in [0.2, 0.25) is 13.1 Å². The molecule has 9 rings (SSSR count). The fraction of sp³-hybridized carbons (Fsp3) is 0.130. The molecule has 6 aromatic carbocycles. The van der Waals surface area contributed by atoms with E-state index in [1.165, 1.54) is 38.2 Å². The summed E-state index contributed by atoms with van der Waals surface area (Å²) >= 11 is 0. The molecule has 0 saturated heterocycles. The molecule has 1 aliphatic heterocycles. The van der Waals surface area contributed by atoms with E-state index in [-0.39, 0.29) is 11.3 Å². The number of benzene rings is 6. The van der Waals surface area contributed by atoms with Crippen molar-refractivity contribution in [1.82, 2.24) is 9.97 Å². The maximum atomic E-state index is 6.71. The van der Waals surface area contributed by atoms with Crippen LogP contribution in [-0.4, -0.2) is 18.0 Å². The quantitative estimate of drug-likeness (QED) is 0.176. The third-order valence-corrected chi connectivity index (χ3v) is 14.4. The molecule has 2 heterocycles. The molecular weight excluding hydrogens is 625 g/mol. The average Bonchev–Trinajstić information content (AvgIpc) is 3.16. The van der Waals surface area contributed by atoms with E-state index in [9.17, 15) is 0 Å². The predicted molar refractivity (Wildman–Crippen MR) is 208 cm³/mol. The first kappa shape index (κ1) is 30.5. The molecule has 1 aromatic heterocycles. The van der Waals surface area contributed by atoms with Crippen molar-refractivity contribution in [2.75, 3.05) is 0 Å². The number of hydrogen-bond acceptors (Lipinski definition) is 3. The number of hydrogen-bond donors (Lipinski definition) is 0. The van der Waals surface area contributed by atoms with Gasteiger partial charge in [0.05, 0.1) is 11.4 Å². The minimum Gasteiger partial charge on any atom is -0.458 e. The summed E-state index contributed by atoms with van der Waals surface area (Å²) in [4.78, 5) is 10.1. The lowest BCUT2D eigenvalue weighted by atomic mass is 9.64. The van der Waals surface area contributed by atoms with Gasteiger partial charge in [-0.2, -0.15) is 0 Å². The monoisotopic (exact) mass is 662 g/mol. The van der Waals surface area contributed by atoms with Crippen molar-refractivity contribution in [3.05, 3.63) is 179 Å². The second-order valence-electron chi connectivity index (χ2n) is 14.6. The van der Waals surface area contributed by atoms with Gasteiger partial charge in [0, 0.05) is 28.0 Å². The van der Waals surface area contributed by atoms with Gasteiger partial charge >= 0.3 is 0 Å². The van der Waals surface area contributed by atoms with E-state index >= 15 is 0 Å². The summed E-state index contributed by atoms with van der Waals surface area (Å²) in [7, 11) is -2.23. The SMILES string of the molecule is CC1(C)c2ccccc2C(c2ccc3c(c2)[Si](C)(C)c2cc(-c4cc(-c5ccccc5)nc(-c5ccccc5)n4)ccc2O3)c2ccccc21. The van der Waals surface area contributed by atoms with Gasteiger partial charge in [-0.3, -0.25) is 0 Å². The highest BCUT2D eigenvalue weighted by Crippen LogP contribution is 2.49. The maximum Gasteiger partial charge on any atom is 0.160 e. The molecule has 4 heteroatoms. The summed E-state index contributed by atoms with van der Waals surface area (Å²) in [5.41, 5.74) is 11.8. The normalized spacial score (nSPS) is 15.2. The molecule has 0 fully saturated rings. The largest absolute Gasteiger partial charge is 0.458 e. The van der Waals surface area contributed by atoms with Gasteiger partial charge in [-0.05, 0) is 68.5 Å². The number of nitrogens with zero attached hydrogens (tertiary/aromatic N) is 2. The molecule has 50 heavy (non-hydrogen) atoms. The van der Waals surface area contributed by atoms with Crippen molar-refractivity contribution < 1.29 is 4.74 Å². The third kappa shape index (κ3) is 4.86. The highest BCUT2D eigenvalue weighted by molar-refractivity contribution is 7.01. The Bertz CT molecular complexity index is 2310. The average molecular weight is 663 g/mol. The fourth-order valence-corrected chi connectivity index (χ4v) is 11.0. The van der Waals surface area contributed by atoms with Gasteiger partial charge in [0.1, 0.15) is 19.6 Å². The molecule has 0 saturated carbocycles. The zero-order valence-corrected chi connectivity index (χ0v) is 29.8. The summed E-state index contributed by atoms with van der Waals surface area (Å²) in [5.74, 6) is 2.80. The topological polar surface area (TPSA) is 35.0 Å². The highest BCUT2D eigenvalue weighted by Gasteiger charge is 2.40. The predicted octanol–water partition coefficient (Wildman–Crippen LogP) is 10.2. The Kier molecular flexibility index (Phi) is 7.01. The summed E-state index contributed by atoms with van der Waals surface area (Å²) < 4.78 is 6.71. The lowest BCUT2D eigenvalue weighted by Gasteiger charge is -2.40. The highest BCUT2D eigenvalue weighted by atomic mass is 28.3. The molecule has 0 bridgehead atoms. The molecule has 0 atom stereocenters. The second kappa shape index (κ2) is 11.5. The fourth-order valence-electron chi connectivity index (χ4n) is 8.21.